The second kappa shape index (κ2) is 3.98. The monoisotopic (exact) mass is 236 g/mol. The summed E-state index contributed by atoms with van der Waals surface area (Å²) in [7, 11) is 0. The van der Waals surface area contributed by atoms with Crippen LogP contribution >= 0.6 is 0 Å². The maximum atomic E-state index is 12.5. The van der Waals surface area contributed by atoms with Crippen molar-refractivity contribution in [3.05, 3.63) is 0 Å². The standard InChI is InChI=1S/C14H24N2O/c1-14(2)6-7-16(9-14)13(17)12-11-5-3-4-10(11)8-15-12/h10-12,15H,3-9H2,1-2H3. The summed E-state index contributed by atoms with van der Waals surface area (Å²) in [5.41, 5.74) is 0.323. The van der Waals surface area contributed by atoms with Crippen LogP contribution in [0.5, 0.6) is 0 Å². The number of fused-ring (bicyclic) bond motifs is 1. The Bertz CT molecular complexity index is 326. The van der Waals surface area contributed by atoms with Gasteiger partial charge in [0.25, 0.3) is 0 Å². The first-order valence-electron chi connectivity index (χ1n) is 7.09. The van der Waals surface area contributed by atoms with Crippen molar-refractivity contribution in [1.82, 2.24) is 10.2 Å². The van der Waals surface area contributed by atoms with Gasteiger partial charge in [0.1, 0.15) is 0 Å². The zero-order chi connectivity index (χ0) is 12.0. The lowest BCUT2D eigenvalue weighted by Gasteiger charge is -2.25. The van der Waals surface area contributed by atoms with Crippen LogP contribution in [0.4, 0.5) is 0 Å². The first-order chi connectivity index (χ1) is 8.07. The van der Waals surface area contributed by atoms with Crippen LogP contribution in [-0.2, 0) is 4.79 Å². The highest BCUT2D eigenvalue weighted by atomic mass is 16.2. The first kappa shape index (κ1) is 11.5. The van der Waals surface area contributed by atoms with E-state index in [1.165, 1.54) is 19.3 Å². The van der Waals surface area contributed by atoms with Gasteiger partial charge in [0.2, 0.25) is 5.91 Å². The van der Waals surface area contributed by atoms with Gasteiger partial charge in [-0.05, 0) is 43.1 Å². The Morgan fingerprint density at radius 2 is 2.18 bits per heavy atom. The Kier molecular flexibility index (Phi) is 2.69. The molecule has 17 heavy (non-hydrogen) atoms. The molecule has 0 bridgehead atoms. The molecule has 0 aromatic carbocycles. The second-order valence-electron chi connectivity index (χ2n) is 6.91. The smallest absolute Gasteiger partial charge is 0.240 e. The Morgan fingerprint density at radius 3 is 2.88 bits per heavy atom. The Balaban J connectivity index is 1.67. The molecule has 3 rings (SSSR count). The van der Waals surface area contributed by atoms with Crippen molar-refractivity contribution in [3.63, 3.8) is 0 Å². The van der Waals surface area contributed by atoms with Crippen LogP contribution in [-0.4, -0.2) is 36.5 Å². The molecule has 2 heterocycles. The topological polar surface area (TPSA) is 32.3 Å². The minimum atomic E-state index is 0.136. The van der Waals surface area contributed by atoms with Gasteiger partial charge >= 0.3 is 0 Å². The third-order valence-electron chi connectivity index (χ3n) is 5.00. The number of carbonyl (C=O) groups is 1. The molecule has 0 aromatic rings. The highest BCUT2D eigenvalue weighted by molar-refractivity contribution is 5.83. The van der Waals surface area contributed by atoms with E-state index in [0.717, 1.165) is 32.0 Å². The van der Waals surface area contributed by atoms with Crippen LogP contribution in [0, 0.1) is 17.3 Å². The predicted molar refractivity (Wildman–Crippen MR) is 67.6 cm³/mol. The van der Waals surface area contributed by atoms with Gasteiger partial charge in [-0.2, -0.15) is 0 Å². The van der Waals surface area contributed by atoms with E-state index in [2.05, 4.69) is 24.1 Å². The summed E-state index contributed by atoms with van der Waals surface area (Å²) in [6.45, 7) is 7.50. The molecule has 0 aromatic heterocycles. The third kappa shape index (κ3) is 1.99. The molecule has 3 heteroatoms. The number of nitrogens with zero attached hydrogens (tertiary/aromatic N) is 1. The average Bonchev–Trinajstić information content (AvgIpc) is 2.90. The fourth-order valence-corrected chi connectivity index (χ4v) is 3.96. The molecule has 96 valence electrons. The lowest BCUT2D eigenvalue weighted by Crippen LogP contribution is -2.45. The van der Waals surface area contributed by atoms with E-state index in [4.69, 9.17) is 0 Å². The molecule has 3 fully saturated rings. The number of nitrogens with one attached hydrogen (secondary N) is 1. The second-order valence-corrected chi connectivity index (χ2v) is 6.91. The minimum absolute atomic E-state index is 0.136. The van der Waals surface area contributed by atoms with Crippen molar-refractivity contribution >= 4 is 5.91 Å². The summed E-state index contributed by atoms with van der Waals surface area (Å²) in [4.78, 5) is 14.6. The van der Waals surface area contributed by atoms with E-state index < -0.39 is 0 Å². The number of hydrogen-bond donors (Lipinski definition) is 1. The zero-order valence-electron chi connectivity index (χ0n) is 11.0. The predicted octanol–water partition coefficient (Wildman–Crippen LogP) is 1.63. The number of amides is 1. The van der Waals surface area contributed by atoms with E-state index in [1.807, 2.05) is 0 Å². The molecule has 3 atom stereocenters. The van der Waals surface area contributed by atoms with Crippen molar-refractivity contribution in [1.29, 1.82) is 0 Å². The SMILES string of the molecule is CC1(C)CCN(C(=O)C2NCC3CCCC32)C1. The molecule has 3 aliphatic rings. The van der Waals surface area contributed by atoms with Crippen LogP contribution in [0.1, 0.15) is 39.5 Å². The van der Waals surface area contributed by atoms with Crippen LogP contribution in [0.3, 0.4) is 0 Å². The first-order valence-corrected chi connectivity index (χ1v) is 7.09. The maximum absolute atomic E-state index is 12.5. The fraction of sp³-hybridized carbons (Fsp3) is 0.929. The van der Waals surface area contributed by atoms with Gasteiger partial charge in [-0.3, -0.25) is 4.79 Å². The van der Waals surface area contributed by atoms with Gasteiger partial charge in [0.15, 0.2) is 0 Å². The lowest BCUT2D eigenvalue weighted by atomic mass is 9.92. The van der Waals surface area contributed by atoms with Crippen LogP contribution in [0.2, 0.25) is 0 Å². The summed E-state index contributed by atoms with van der Waals surface area (Å²) < 4.78 is 0. The van der Waals surface area contributed by atoms with Crippen molar-refractivity contribution < 1.29 is 4.79 Å². The molecular weight excluding hydrogens is 212 g/mol. The molecule has 0 spiro atoms. The molecule has 1 N–H and O–H groups in total. The Hall–Kier alpha value is -0.570. The normalized spacial score (nSPS) is 39.6. The van der Waals surface area contributed by atoms with E-state index in [1.54, 1.807) is 0 Å². The zero-order valence-corrected chi connectivity index (χ0v) is 11.0. The summed E-state index contributed by atoms with van der Waals surface area (Å²) in [5, 5.41) is 3.47. The number of carbonyl (C=O) groups excluding carboxylic acids is 1. The van der Waals surface area contributed by atoms with Crippen molar-refractivity contribution in [2.24, 2.45) is 17.3 Å². The largest absolute Gasteiger partial charge is 0.341 e. The van der Waals surface area contributed by atoms with E-state index in [9.17, 15) is 4.79 Å². The van der Waals surface area contributed by atoms with E-state index in [0.29, 0.717) is 17.2 Å². The Labute approximate surface area is 104 Å². The third-order valence-corrected chi connectivity index (χ3v) is 5.00. The van der Waals surface area contributed by atoms with Gasteiger partial charge < -0.3 is 10.2 Å². The van der Waals surface area contributed by atoms with Gasteiger partial charge in [0, 0.05) is 13.1 Å². The van der Waals surface area contributed by atoms with Crippen LogP contribution < -0.4 is 5.32 Å². The molecule has 1 saturated carbocycles. The molecule has 2 aliphatic heterocycles. The highest BCUT2D eigenvalue weighted by Crippen LogP contribution is 2.39. The van der Waals surface area contributed by atoms with Crippen LogP contribution in [0.15, 0.2) is 0 Å². The molecule has 1 amide bonds. The van der Waals surface area contributed by atoms with Gasteiger partial charge in [-0.25, -0.2) is 0 Å². The molecule has 3 nitrogen and oxygen atoms in total. The number of rotatable bonds is 1. The molecule has 1 aliphatic carbocycles. The lowest BCUT2D eigenvalue weighted by molar-refractivity contribution is -0.133. The summed E-state index contributed by atoms with van der Waals surface area (Å²) in [6.07, 6.45) is 5.06. The number of hydrogen-bond acceptors (Lipinski definition) is 2. The van der Waals surface area contributed by atoms with E-state index >= 15 is 0 Å². The van der Waals surface area contributed by atoms with Gasteiger partial charge in [-0.1, -0.05) is 20.3 Å². The molecule has 3 unspecified atom stereocenters. The van der Waals surface area contributed by atoms with Crippen LogP contribution in [0.25, 0.3) is 0 Å². The molecule has 2 saturated heterocycles. The fourth-order valence-electron chi connectivity index (χ4n) is 3.96. The van der Waals surface area contributed by atoms with Gasteiger partial charge in [-0.15, -0.1) is 0 Å². The van der Waals surface area contributed by atoms with Crippen molar-refractivity contribution in [3.8, 4) is 0 Å². The maximum Gasteiger partial charge on any atom is 0.240 e. The summed E-state index contributed by atoms with van der Waals surface area (Å²) >= 11 is 0. The number of likely N-dealkylation sites (tertiary alicyclic amines) is 1. The van der Waals surface area contributed by atoms with Crippen molar-refractivity contribution in [2.45, 2.75) is 45.6 Å². The van der Waals surface area contributed by atoms with Crippen molar-refractivity contribution in [2.75, 3.05) is 19.6 Å². The quantitative estimate of drug-likeness (QED) is 0.750. The highest BCUT2D eigenvalue weighted by Gasteiger charge is 2.45. The molecule has 0 radical (unpaired) electrons. The summed E-state index contributed by atoms with van der Waals surface area (Å²) in [6, 6.07) is 0.136. The minimum Gasteiger partial charge on any atom is -0.341 e. The van der Waals surface area contributed by atoms with Gasteiger partial charge in [0.05, 0.1) is 6.04 Å². The summed E-state index contributed by atoms with van der Waals surface area (Å²) in [5.74, 6) is 1.79. The Morgan fingerprint density at radius 1 is 1.35 bits per heavy atom. The molecular formula is C14H24N2O. The van der Waals surface area contributed by atoms with E-state index in [-0.39, 0.29) is 6.04 Å². The average molecular weight is 236 g/mol.